The van der Waals surface area contributed by atoms with E-state index in [1.807, 2.05) is 29.2 Å². The highest BCUT2D eigenvalue weighted by molar-refractivity contribution is 5.89. The third-order valence-electron chi connectivity index (χ3n) is 6.14. The third kappa shape index (κ3) is 3.48. The number of hydrogen-bond acceptors (Lipinski definition) is 2. The van der Waals surface area contributed by atoms with Crippen molar-refractivity contribution in [2.45, 2.75) is 43.1 Å². The molecule has 4 rings (SSSR count). The Bertz CT molecular complexity index is 792. The first-order valence-corrected chi connectivity index (χ1v) is 9.47. The summed E-state index contributed by atoms with van der Waals surface area (Å²) in [5.41, 5.74) is 7.38. The van der Waals surface area contributed by atoms with E-state index in [-0.39, 0.29) is 36.1 Å². The molecule has 1 heterocycles. The predicted octanol–water partition coefficient (Wildman–Crippen LogP) is 4.01. The Morgan fingerprint density at radius 2 is 1.63 bits per heavy atom. The Morgan fingerprint density at radius 1 is 1.00 bits per heavy atom. The molecule has 144 valence electrons. The van der Waals surface area contributed by atoms with Gasteiger partial charge in [-0.25, -0.2) is 4.39 Å². The molecule has 2 aromatic carbocycles. The van der Waals surface area contributed by atoms with Gasteiger partial charge in [-0.1, -0.05) is 61.4 Å². The maximum atomic E-state index is 14.6. The first-order chi connectivity index (χ1) is 12.6. The molecule has 2 fully saturated rings. The summed E-state index contributed by atoms with van der Waals surface area (Å²) in [7, 11) is 0. The molecule has 2 atom stereocenters. The lowest BCUT2D eigenvalue weighted by molar-refractivity contribution is -0.136. The summed E-state index contributed by atoms with van der Waals surface area (Å²) >= 11 is 0. The normalized spacial score (nSPS) is 23.9. The van der Waals surface area contributed by atoms with Gasteiger partial charge in [-0.3, -0.25) is 4.79 Å². The molecule has 0 unspecified atom stereocenters. The molecule has 1 amide bonds. The van der Waals surface area contributed by atoms with Gasteiger partial charge in [0.1, 0.15) is 5.82 Å². The second-order valence-corrected chi connectivity index (χ2v) is 7.66. The quantitative estimate of drug-likeness (QED) is 0.863. The van der Waals surface area contributed by atoms with Crippen molar-refractivity contribution < 1.29 is 9.18 Å². The maximum absolute atomic E-state index is 14.6. The van der Waals surface area contributed by atoms with Gasteiger partial charge in [0.15, 0.2) is 0 Å². The largest absolute Gasteiger partial charge is 0.340 e. The summed E-state index contributed by atoms with van der Waals surface area (Å²) in [6, 6.07) is 16.8. The van der Waals surface area contributed by atoms with Crippen molar-refractivity contribution in [3.8, 4) is 0 Å². The summed E-state index contributed by atoms with van der Waals surface area (Å²) in [4.78, 5) is 15.4. The van der Waals surface area contributed by atoms with Crippen LogP contribution in [0.5, 0.6) is 0 Å². The van der Waals surface area contributed by atoms with E-state index in [4.69, 9.17) is 5.73 Å². The molecule has 0 spiro atoms. The van der Waals surface area contributed by atoms with Crippen LogP contribution in [-0.4, -0.2) is 29.9 Å². The smallest absolute Gasteiger partial charge is 0.233 e. The number of nitrogens with two attached hydrogens (primary N) is 1. The van der Waals surface area contributed by atoms with Crippen LogP contribution in [0.4, 0.5) is 4.39 Å². The molecule has 1 saturated heterocycles. The predicted molar refractivity (Wildman–Crippen MR) is 108 cm³/mol. The molecule has 0 aromatic heterocycles. The number of benzene rings is 2. The zero-order valence-corrected chi connectivity index (χ0v) is 16.1. The molecule has 1 aliphatic heterocycles. The van der Waals surface area contributed by atoms with E-state index in [2.05, 4.69) is 12.1 Å². The van der Waals surface area contributed by atoms with Crippen molar-refractivity contribution in [3.63, 3.8) is 0 Å². The minimum Gasteiger partial charge on any atom is -0.340 e. The van der Waals surface area contributed by atoms with Crippen LogP contribution in [0, 0.1) is 5.82 Å². The van der Waals surface area contributed by atoms with E-state index in [1.54, 1.807) is 12.1 Å². The fraction of sp³-hybridized carbons (Fsp3) is 0.409. The standard InChI is InChI=1S/C22H25FN2O.ClH/c23-19-11-5-4-10-18(19)22(12-6-7-13-22)21(26)25-14-17(20(24)15-25)16-8-2-1-3-9-16;/h1-5,8-11,17,20H,6-7,12-15,24H2;1H/t17-,20+;/m0./s1. The minimum absolute atomic E-state index is 0. The highest BCUT2D eigenvalue weighted by Gasteiger charge is 2.48. The fourth-order valence-electron chi connectivity index (χ4n) is 4.78. The van der Waals surface area contributed by atoms with Crippen LogP contribution in [0.15, 0.2) is 54.6 Å². The Morgan fingerprint density at radius 3 is 2.30 bits per heavy atom. The number of carbonyl (C=O) groups is 1. The number of carbonyl (C=O) groups excluding carboxylic acids is 1. The Kier molecular flexibility index (Phi) is 5.87. The summed E-state index contributed by atoms with van der Waals surface area (Å²) in [6.07, 6.45) is 3.35. The zero-order chi connectivity index (χ0) is 18.1. The van der Waals surface area contributed by atoms with Crippen LogP contribution in [0.25, 0.3) is 0 Å². The molecule has 27 heavy (non-hydrogen) atoms. The summed E-state index contributed by atoms with van der Waals surface area (Å²) in [5.74, 6) is -0.0842. The van der Waals surface area contributed by atoms with Gasteiger partial charge in [-0.2, -0.15) is 0 Å². The van der Waals surface area contributed by atoms with Crippen LogP contribution in [0.3, 0.4) is 0 Å². The van der Waals surface area contributed by atoms with Gasteiger partial charge in [0.25, 0.3) is 0 Å². The Hall–Kier alpha value is -1.91. The first kappa shape index (κ1) is 19.8. The Balaban J connectivity index is 0.00000210. The molecule has 0 radical (unpaired) electrons. The van der Waals surface area contributed by atoms with E-state index in [0.29, 0.717) is 31.5 Å². The highest BCUT2D eigenvalue weighted by Crippen LogP contribution is 2.44. The van der Waals surface area contributed by atoms with Crippen LogP contribution in [-0.2, 0) is 10.2 Å². The van der Waals surface area contributed by atoms with Gasteiger partial charge in [0, 0.05) is 30.6 Å². The number of nitrogens with zero attached hydrogens (tertiary/aromatic N) is 1. The van der Waals surface area contributed by atoms with Crippen molar-refractivity contribution in [2.24, 2.45) is 5.73 Å². The number of likely N-dealkylation sites (tertiary alicyclic amines) is 1. The first-order valence-electron chi connectivity index (χ1n) is 9.47. The van der Waals surface area contributed by atoms with Gasteiger partial charge in [-0.05, 0) is 24.5 Å². The van der Waals surface area contributed by atoms with E-state index in [0.717, 1.165) is 12.8 Å². The topological polar surface area (TPSA) is 46.3 Å². The van der Waals surface area contributed by atoms with Crippen LogP contribution < -0.4 is 5.73 Å². The van der Waals surface area contributed by atoms with Gasteiger partial charge in [-0.15, -0.1) is 12.4 Å². The van der Waals surface area contributed by atoms with Gasteiger partial charge in [0.2, 0.25) is 5.91 Å². The van der Waals surface area contributed by atoms with Gasteiger partial charge >= 0.3 is 0 Å². The minimum atomic E-state index is -0.726. The van der Waals surface area contributed by atoms with Crippen LogP contribution in [0.1, 0.15) is 42.7 Å². The van der Waals surface area contributed by atoms with Crippen molar-refractivity contribution in [1.29, 1.82) is 0 Å². The molecule has 0 bridgehead atoms. The second-order valence-electron chi connectivity index (χ2n) is 7.66. The van der Waals surface area contributed by atoms with Crippen LogP contribution >= 0.6 is 12.4 Å². The molecule has 2 aromatic rings. The number of rotatable bonds is 3. The lowest BCUT2D eigenvalue weighted by atomic mass is 9.77. The van der Waals surface area contributed by atoms with Crippen molar-refractivity contribution in [1.82, 2.24) is 4.90 Å². The lowest BCUT2D eigenvalue weighted by Gasteiger charge is -2.33. The second kappa shape index (κ2) is 7.99. The number of halogens is 2. The summed E-state index contributed by atoms with van der Waals surface area (Å²) in [5, 5.41) is 0. The molecule has 5 heteroatoms. The van der Waals surface area contributed by atoms with Gasteiger partial charge < -0.3 is 10.6 Å². The highest BCUT2D eigenvalue weighted by atomic mass is 35.5. The molecular weight excluding hydrogens is 363 g/mol. The third-order valence-corrected chi connectivity index (χ3v) is 6.14. The van der Waals surface area contributed by atoms with Crippen molar-refractivity contribution in [3.05, 3.63) is 71.5 Å². The van der Waals surface area contributed by atoms with Gasteiger partial charge in [0.05, 0.1) is 5.41 Å². The SMILES string of the molecule is Cl.N[C@@H]1CN(C(=O)C2(c3ccccc3F)CCCC2)C[C@H]1c1ccccc1. The van der Waals surface area contributed by atoms with Crippen molar-refractivity contribution in [2.75, 3.05) is 13.1 Å². The summed E-state index contributed by atoms with van der Waals surface area (Å²) in [6.45, 7) is 1.15. The monoisotopic (exact) mass is 388 g/mol. The fourth-order valence-corrected chi connectivity index (χ4v) is 4.78. The van der Waals surface area contributed by atoms with Crippen molar-refractivity contribution >= 4 is 18.3 Å². The van der Waals surface area contributed by atoms with E-state index >= 15 is 0 Å². The van der Waals surface area contributed by atoms with E-state index < -0.39 is 5.41 Å². The number of amides is 1. The average Bonchev–Trinajstić information content (AvgIpc) is 3.30. The number of hydrogen-bond donors (Lipinski definition) is 1. The average molecular weight is 389 g/mol. The van der Waals surface area contributed by atoms with E-state index in [9.17, 15) is 9.18 Å². The maximum Gasteiger partial charge on any atom is 0.233 e. The molecule has 2 aliphatic rings. The Labute approximate surface area is 166 Å². The van der Waals surface area contributed by atoms with Crippen LogP contribution in [0.2, 0.25) is 0 Å². The molecule has 1 aliphatic carbocycles. The molecule has 3 nitrogen and oxygen atoms in total. The molecule has 2 N–H and O–H groups in total. The molecular formula is C22H26ClFN2O. The zero-order valence-electron chi connectivity index (χ0n) is 15.3. The summed E-state index contributed by atoms with van der Waals surface area (Å²) < 4.78 is 14.6. The molecule has 1 saturated carbocycles. The van der Waals surface area contributed by atoms with E-state index in [1.165, 1.54) is 11.6 Å². The lowest BCUT2D eigenvalue weighted by Crippen LogP contribution is -2.45.